The van der Waals surface area contributed by atoms with E-state index >= 15 is 0 Å². The number of fused-ring (bicyclic) bond motifs is 1. The molecule has 2 aromatic rings. The van der Waals surface area contributed by atoms with Gasteiger partial charge in [-0.25, -0.2) is 0 Å². The van der Waals surface area contributed by atoms with Crippen LogP contribution in [-0.2, 0) is 0 Å². The number of likely N-dealkylation sites (tertiary alicyclic amines) is 1. The molecule has 2 aliphatic rings. The molecule has 28 heavy (non-hydrogen) atoms. The number of Topliss-reactive ketones (excluding diaryl/α,β-unsaturated/α-hetero) is 1. The third-order valence-electron chi connectivity index (χ3n) is 5.59. The average molecular weight is 448 g/mol. The van der Waals surface area contributed by atoms with Crippen LogP contribution in [0.2, 0.25) is 0 Å². The van der Waals surface area contributed by atoms with Crippen LogP contribution in [0.15, 0.2) is 34.8 Å². The number of carbonyl (C=O) groups excluding carboxylic acids is 1. The molecule has 7 heteroatoms. The molecule has 1 saturated heterocycles. The lowest BCUT2D eigenvalue weighted by Crippen LogP contribution is -2.40. The summed E-state index contributed by atoms with van der Waals surface area (Å²) in [4.78, 5) is 14.9. The molecule has 0 aromatic heterocycles. The number of rotatable bonds is 2. The molecule has 1 unspecified atom stereocenters. The number of aromatic hydroxyl groups is 2. The van der Waals surface area contributed by atoms with Crippen LogP contribution in [0.25, 0.3) is 0 Å². The first-order valence-electron chi connectivity index (χ1n) is 9.26. The van der Waals surface area contributed by atoms with Gasteiger partial charge in [-0.2, -0.15) is 0 Å². The van der Waals surface area contributed by atoms with Crippen LogP contribution >= 0.6 is 15.9 Å². The van der Waals surface area contributed by atoms with E-state index in [2.05, 4.69) is 15.9 Å². The van der Waals surface area contributed by atoms with Crippen LogP contribution in [-0.4, -0.2) is 52.2 Å². The fourth-order valence-corrected chi connectivity index (χ4v) is 4.73. The molecule has 0 radical (unpaired) electrons. The second-order valence-corrected chi connectivity index (χ2v) is 8.37. The summed E-state index contributed by atoms with van der Waals surface area (Å²) in [7, 11) is 1.93. The highest BCUT2D eigenvalue weighted by Crippen LogP contribution is 2.50. The van der Waals surface area contributed by atoms with E-state index in [4.69, 9.17) is 4.74 Å². The monoisotopic (exact) mass is 447 g/mol. The first kappa shape index (κ1) is 19.2. The number of ketones is 1. The molecule has 0 bridgehead atoms. The summed E-state index contributed by atoms with van der Waals surface area (Å²) in [6.07, 6.45) is -0.553. The molecule has 148 valence electrons. The molecular formula is C21H22BrNO5. The number of piperidine rings is 1. The lowest BCUT2D eigenvalue weighted by Gasteiger charge is -2.37. The average Bonchev–Trinajstić information content (AvgIpc) is 2.63. The van der Waals surface area contributed by atoms with Crippen molar-refractivity contribution in [3.63, 3.8) is 0 Å². The maximum absolute atomic E-state index is 12.9. The number of carbonyl (C=O) groups is 1. The second-order valence-electron chi connectivity index (χ2n) is 7.51. The summed E-state index contributed by atoms with van der Waals surface area (Å²) >= 11 is 3.50. The van der Waals surface area contributed by atoms with Gasteiger partial charge in [-0.3, -0.25) is 4.79 Å². The topological polar surface area (TPSA) is 90.2 Å². The molecule has 0 saturated carbocycles. The minimum atomic E-state index is -0.708. The molecule has 6 nitrogen and oxygen atoms in total. The van der Waals surface area contributed by atoms with Crippen molar-refractivity contribution in [2.75, 3.05) is 20.1 Å². The molecule has 2 aromatic carbocycles. The van der Waals surface area contributed by atoms with Gasteiger partial charge in [-0.1, -0.05) is 34.1 Å². The van der Waals surface area contributed by atoms with Gasteiger partial charge in [0.1, 0.15) is 28.9 Å². The van der Waals surface area contributed by atoms with Crippen molar-refractivity contribution in [3.05, 3.63) is 51.5 Å². The highest BCUT2D eigenvalue weighted by atomic mass is 79.9. The summed E-state index contributed by atoms with van der Waals surface area (Å²) in [5.41, 5.74) is 1.31. The second kappa shape index (κ2) is 7.39. The lowest BCUT2D eigenvalue weighted by molar-refractivity contribution is 0.0592. The maximum atomic E-state index is 12.9. The van der Waals surface area contributed by atoms with Gasteiger partial charge >= 0.3 is 0 Å². The van der Waals surface area contributed by atoms with Crippen LogP contribution in [0.3, 0.4) is 0 Å². The third kappa shape index (κ3) is 3.27. The smallest absolute Gasteiger partial charge is 0.174 e. The Morgan fingerprint density at radius 3 is 2.68 bits per heavy atom. The Balaban J connectivity index is 1.82. The van der Waals surface area contributed by atoms with Crippen molar-refractivity contribution >= 4 is 21.7 Å². The normalized spacial score (nSPS) is 25.2. The van der Waals surface area contributed by atoms with Crippen molar-refractivity contribution in [1.82, 2.24) is 4.90 Å². The van der Waals surface area contributed by atoms with Gasteiger partial charge in [-0.15, -0.1) is 0 Å². The van der Waals surface area contributed by atoms with Crippen LogP contribution in [0.5, 0.6) is 17.2 Å². The van der Waals surface area contributed by atoms with E-state index in [-0.39, 0.29) is 40.9 Å². The minimum absolute atomic E-state index is 0.0854. The molecule has 4 rings (SSSR count). The number of phenols is 2. The summed E-state index contributed by atoms with van der Waals surface area (Å²) < 4.78 is 7.02. The van der Waals surface area contributed by atoms with E-state index in [1.54, 1.807) is 0 Å². The van der Waals surface area contributed by atoms with Crippen LogP contribution in [0.1, 0.15) is 46.3 Å². The molecule has 3 N–H and O–H groups in total. The number of hydrogen-bond acceptors (Lipinski definition) is 6. The fraction of sp³-hybridized carbons (Fsp3) is 0.381. The first-order chi connectivity index (χ1) is 13.4. The van der Waals surface area contributed by atoms with Crippen molar-refractivity contribution < 1.29 is 24.9 Å². The number of phenolic OH excluding ortho intramolecular Hbond substituents is 2. The molecule has 2 heterocycles. The number of benzene rings is 2. The Hall–Kier alpha value is -2.09. The number of ether oxygens (including phenoxy) is 1. The van der Waals surface area contributed by atoms with Gasteiger partial charge in [0, 0.05) is 34.1 Å². The van der Waals surface area contributed by atoms with Crippen molar-refractivity contribution in [2.24, 2.45) is 0 Å². The fourth-order valence-electron chi connectivity index (χ4n) is 4.19. The predicted octanol–water partition coefficient (Wildman–Crippen LogP) is 3.35. The van der Waals surface area contributed by atoms with E-state index in [0.29, 0.717) is 18.5 Å². The van der Waals surface area contributed by atoms with E-state index in [1.165, 1.54) is 6.07 Å². The van der Waals surface area contributed by atoms with Gasteiger partial charge in [0.05, 0.1) is 12.5 Å². The van der Waals surface area contributed by atoms with E-state index in [9.17, 15) is 20.1 Å². The van der Waals surface area contributed by atoms with Crippen molar-refractivity contribution in [2.45, 2.75) is 31.0 Å². The number of aliphatic hydroxyl groups excluding tert-OH is 1. The zero-order valence-electron chi connectivity index (χ0n) is 15.4. The number of nitrogens with zero attached hydrogens (tertiary/aromatic N) is 1. The van der Waals surface area contributed by atoms with E-state index in [1.807, 2.05) is 36.2 Å². The first-order valence-corrected chi connectivity index (χ1v) is 10.1. The van der Waals surface area contributed by atoms with Crippen molar-refractivity contribution in [3.8, 4) is 17.2 Å². The Morgan fingerprint density at radius 1 is 1.21 bits per heavy atom. The Kier molecular flexibility index (Phi) is 5.07. The van der Waals surface area contributed by atoms with E-state index in [0.717, 1.165) is 16.6 Å². The zero-order valence-corrected chi connectivity index (χ0v) is 17.0. The summed E-state index contributed by atoms with van der Waals surface area (Å²) in [6.45, 7) is 1.21. The number of likely N-dealkylation sites (N-methyl/N-ethyl adjacent to an activating group) is 1. The van der Waals surface area contributed by atoms with Crippen molar-refractivity contribution in [1.29, 1.82) is 0 Å². The number of β-amino-alcohol motifs (C(OH)–C–C–N with tert-alkyl or cyclic N) is 1. The minimum Gasteiger partial charge on any atom is -0.507 e. The van der Waals surface area contributed by atoms with Crippen LogP contribution in [0.4, 0.5) is 0 Å². The van der Waals surface area contributed by atoms with Gasteiger partial charge in [0.25, 0.3) is 0 Å². The summed E-state index contributed by atoms with van der Waals surface area (Å²) in [5.74, 6) is -0.901. The molecule has 3 atom stereocenters. The molecule has 1 fully saturated rings. The lowest BCUT2D eigenvalue weighted by atomic mass is 9.83. The van der Waals surface area contributed by atoms with Gasteiger partial charge in [0.2, 0.25) is 0 Å². The quantitative estimate of drug-likeness (QED) is 0.653. The van der Waals surface area contributed by atoms with Gasteiger partial charge in [0.15, 0.2) is 5.78 Å². The van der Waals surface area contributed by atoms with Crippen LogP contribution in [0, 0.1) is 0 Å². The van der Waals surface area contributed by atoms with E-state index < -0.39 is 12.2 Å². The Morgan fingerprint density at radius 2 is 1.96 bits per heavy atom. The largest absolute Gasteiger partial charge is 0.507 e. The summed E-state index contributed by atoms with van der Waals surface area (Å²) in [5, 5.41) is 31.5. The molecule has 0 spiro atoms. The number of hydrogen-bond donors (Lipinski definition) is 3. The predicted molar refractivity (Wildman–Crippen MR) is 107 cm³/mol. The molecular weight excluding hydrogens is 426 g/mol. The SMILES string of the molecule is CN1CC[C@@H](c2c(O)cc(O)c3c2OC(c2ccccc2Br)CC3=O)[C@@H](O)C1. The number of aliphatic hydroxyl groups is 1. The molecule has 0 aliphatic carbocycles. The highest BCUT2D eigenvalue weighted by molar-refractivity contribution is 9.10. The third-order valence-corrected chi connectivity index (χ3v) is 6.32. The zero-order chi connectivity index (χ0) is 20.0. The summed E-state index contributed by atoms with van der Waals surface area (Å²) in [6, 6.07) is 8.68. The number of halogens is 1. The van der Waals surface area contributed by atoms with Gasteiger partial charge in [-0.05, 0) is 26.1 Å². The molecule has 2 aliphatic heterocycles. The van der Waals surface area contributed by atoms with Crippen LogP contribution < -0.4 is 4.74 Å². The maximum Gasteiger partial charge on any atom is 0.174 e. The Bertz CT molecular complexity index is 931. The Labute approximate surface area is 171 Å². The highest BCUT2D eigenvalue weighted by Gasteiger charge is 2.39. The van der Waals surface area contributed by atoms with Gasteiger partial charge < -0.3 is 25.0 Å². The molecule has 0 amide bonds. The standard InChI is InChI=1S/C21H22BrNO5/c1-23-7-6-12(17(27)10-23)19-14(24)8-15(25)20-16(26)9-18(28-21(19)20)11-4-2-3-5-13(11)22/h2-5,8,12,17-18,24-25,27H,6-7,9-10H2,1H3/t12-,17+,18?/m1/s1.